The van der Waals surface area contributed by atoms with Crippen LogP contribution in [0.4, 0.5) is 4.39 Å². The molecule has 202 valence electrons. The smallest absolute Gasteiger partial charge is 0.305 e. The van der Waals surface area contributed by atoms with Gasteiger partial charge in [-0.05, 0) is 62.3 Å². The van der Waals surface area contributed by atoms with E-state index >= 15 is 4.39 Å². The summed E-state index contributed by atoms with van der Waals surface area (Å²) in [5.74, 6) is 0.132. The van der Waals surface area contributed by atoms with Crippen LogP contribution in [0.1, 0.15) is 73.3 Å². The van der Waals surface area contributed by atoms with Gasteiger partial charge < -0.3 is 15.8 Å². The average Bonchev–Trinajstić information content (AvgIpc) is 3.60. The number of rotatable bonds is 10. The number of esters is 1. The SMILES string of the molecule is NC(=O)c1cccc2cn(-c3ccc(C4CCCC(COC(=O)CCCCC5CCSS5)N4)cc3F)nc12. The normalized spacial score (nSPS) is 21.6. The number of hydrogen-bond acceptors (Lipinski definition) is 7. The van der Waals surface area contributed by atoms with Crippen molar-refractivity contribution in [1.29, 1.82) is 0 Å². The molecular weight excluding hydrogens is 523 g/mol. The van der Waals surface area contributed by atoms with E-state index in [2.05, 4.69) is 10.4 Å². The highest BCUT2D eigenvalue weighted by Crippen LogP contribution is 2.40. The maximum absolute atomic E-state index is 15.2. The molecule has 0 aliphatic carbocycles. The van der Waals surface area contributed by atoms with Crippen molar-refractivity contribution in [3.05, 3.63) is 59.5 Å². The van der Waals surface area contributed by atoms with Crippen LogP contribution in [0.3, 0.4) is 0 Å². The second-order valence-corrected chi connectivity index (χ2v) is 12.8. The number of nitrogens with zero attached hydrogens (tertiary/aromatic N) is 2. The standard InChI is InChI=1S/C28H33FN4O3S2/c29-23-15-18(11-12-25(23)33-16-19-5-3-8-22(28(30)35)27(19)32-33)24-9-4-6-20(31-24)17-36-26(34)10-2-1-7-21-13-14-37-38-21/h3,5,8,11-12,15-16,20-21,24,31H,1-2,4,6-7,9-10,13-14,17H2,(H2,30,35). The Bertz CT molecular complexity index is 1290. The Labute approximate surface area is 229 Å². The molecule has 2 aliphatic heterocycles. The lowest BCUT2D eigenvalue weighted by atomic mass is 9.93. The number of ether oxygens (including phenoxy) is 1. The Kier molecular flexibility index (Phi) is 8.91. The van der Waals surface area contributed by atoms with Gasteiger partial charge in [-0.1, -0.05) is 46.2 Å². The number of primary amides is 1. The van der Waals surface area contributed by atoms with E-state index < -0.39 is 11.7 Å². The molecule has 3 heterocycles. The molecule has 3 unspecified atom stereocenters. The van der Waals surface area contributed by atoms with Crippen molar-refractivity contribution in [2.75, 3.05) is 12.4 Å². The average molecular weight is 557 g/mol. The fourth-order valence-corrected chi connectivity index (χ4v) is 8.21. The lowest BCUT2D eigenvalue weighted by Gasteiger charge is -2.31. The van der Waals surface area contributed by atoms with Gasteiger partial charge >= 0.3 is 5.97 Å². The number of benzene rings is 2. The van der Waals surface area contributed by atoms with Gasteiger partial charge in [-0.2, -0.15) is 5.10 Å². The molecule has 3 N–H and O–H groups in total. The first-order valence-corrected chi connectivity index (χ1v) is 15.6. The van der Waals surface area contributed by atoms with E-state index in [-0.39, 0.29) is 18.1 Å². The van der Waals surface area contributed by atoms with Crippen molar-refractivity contribution < 1.29 is 18.7 Å². The molecule has 5 rings (SSSR count). The minimum Gasteiger partial charge on any atom is -0.464 e. The fraction of sp³-hybridized carbons (Fsp3) is 0.464. The van der Waals surface area contributed by atoms with Gasteiger partial charge in [0, 0.05) is 41.1 Å². The Balaban J connectivity index is 1.15. The van der Waals surface area contributed by atoms with Crippen molar-refractivity contribution in [3.63, 3.8) is 0 Å². The first-order chi connectivity index (χ1) is 18.5. The summed E-state index contributed by atoms with van der Waals surface area (Å²) in [7, 11) is 3.93. The third-order valence-electron chi connectivity index (χ3n) is 7.23. The Hall–Kier alpha value is -2.56. The molecule has 0 bridgehead atoms. The summed E-state index contributed by atoms with van der Waals surface area (Å²) in [6.07, 6.45) is 9.34. The maximum Gasteiger partial charge on any atom is 0.305 e. The number of fused-ring (bicyclic) bond motifs is 1. The second-order valence-electron chi connectivity index (χ2n) is 10.00. The van der Waals surface area contributed by atoms with Crippen LogP contribution in [0.5, 0.6) is 0 Å². The number of amides is 1. The molecule has 2 aromatic carbocycles. The second kappa shape index (κ2) is 12.5. The molecule has 0 spiro atoms. The number of carbonyl (C=O) groups excluding carboxylic acids is 2. The maximum atomic E-state index is 15.2. The predicted molar refractivity (Wildman–Crippen MR) is 151 cm³/mol. The molecule has 3 aromatic rings. The molecule has 2 saturated heterocycles. The minimum absolute atomic E-state index is 0.0176. The molecule has 3 atom stereocenters. The third-order valence-corrected chi connectivity index (χ3v) is 10.2. The van der Waals surface area contributed by atoms with E-state index in [1.54, 1.807) is 24.4 Å². The molecular formula is C28H33FN4O3S2. The zero-order chi connectivity index (χ0) is 26.5. The van der Waals surface area contributed by atoms with E-state index in [9.17, 15) is 9.59 Å². The lowest BCUT2D eigenvalue weighted by molar-refractivity contribution is -0.144. The van der Waals surface area contributed by atoms with Gasteiger partial charge in [0.1, 0.15) is 23.6 Å². The summed E-state index contributed by atoms with van der Waals surface area (Å²) in [6, 6.07) is 10.3. The van der Waals surface area contributed by atoms with Gasteiger partial charge in [0.15, 0.2) is 0 Å². The van der Waals surface area contributed by atoms with Crippen molar-refractivity contribution >= 4 is 44.4 Å². The topological polar surface area (TPSA) is 99.2 Å². The number of nitrogens with one attached hydrogen (secondary N) is 1. The number of hydrogen-bond donors (Lipinski definition) is 2. The summed E-state index contributed by atoms with van der Waals surface area (Å²) >= 11 is 0. The quantitative estimate of drug-likeness (QED) is 0.188. The van der Waals surface area contributed by atoms with Gasteiger partial charge in [-0.25, -0.2) is 9.07 Å². The fourth-order valence-electron chi connectivity index (χ4n) is 5.18. The van der Waals surface area contributed by atoms with Gasteiger partial charge in [-0.3, -0.25) is 9.59 Å². The van der Waals surface area contributed by atoms with E-state index in [0.717, 1.165) is 42.9 Å². The van der Waals surface area contributed by atoms with Gasteiger partial charge in [0.25, 0.3) is 5.91 Å². The summed E-state index contributed by atoms with van der Waals surface area (Å²) in [5.41, 5.74) is 7.36. The van der Waals surface area contributed by atoms with Gasteiger partial charge in [-0.15, -0.1) is 0 Å². The van der Waals surface area contributed by atoms with Gasteiger partial charge in [0.05, 0.1) is 5.56 Å². The van der Waals surface area contributed by atoms with Crippen molar-refractivity contribution in [1.82, 2.24) is 15.1 Å². The number of nitrogens with two attached hydrogens (primary N) is 1. The van der Waals surface area contributed by atoms with Crippen molar-refractivity contribution in [3.8, 4) is 5.69 Å². The molecule has 0 radical (unpaired) electrons. The van der Waals surface area contributed by atoms with Crippen LogP contribution in [-0.4, -0.2) is 45.3 Å². The zero-order valence-electron chi connectivity index (χ0n) is 21.2. The van der Waals surface area contributed by atoms with Crippen molar-refractivity contribution in [2.24, 2.45) is 5.73 Å². The Morgan fingerprint density at radius 2 is 2.08 bits per heavy atom. The third kappa shape index (κ3) is 6.52. The van der Waals surface area contributed by atoms with Crippen LogP contribution < -0.4 is 11.1 Å². The van der Waals surface area contributed by atoms with Crippen LogP contribution in [0.15, 0.2) is 42.6 Å². The zero-order valence-corrected chi connectivity index (χ0v) is 22.9. The number of halogens is 1. The van der Waals surface area contributed by atoms with Crippen LogP contribution in [0.25, 0.3) is 16.6 Å². The van der Waals surface area contributed by atoms with E-state index in [1.165, 1.54) is 29.3 Å². The molecule has 2 aliphatic rings. The van der Waals surface area contributed by atoms with Crippen LogP contribution >= 0.6 is 21.6 Å². The van der Waals surface area contributed by atoms with Crippen LogP contribution in [-0.2, 0) is 9.53 Å². The van der Waals surface area contributed by atoms with Crippen LogP contribution in [0, 0.1) is 5.82 Å². The first kappa shape index (κ1) is 27.0. The Morgan fingerprint density at radius 1 is 1.18 bits per heavy atom. The number of piperidine rings is 1. The molecule has 10 heteroatoms. The molecule has 1 aromatic heterocycles. The highest BCUT2D eigenvalue weighted by atomic mass is 33.1. The molecule has 1 amide bonds. The number of carbonyl (C=O) groups is 2. The highest BCUT2D eigenvalue weighted by Gasteiger charge is 2.24. The highest BCUT2D eigenvalue weighted by molar-refractivity contribution is 8.77. The molecule has 2 fully saturated rings. The largest absolute Gasteiger partial charge is 0.464 e. The van der Waals surface area contributed by atoms with Crippen molar-refractivity contribution in [2.45, 2.75) is 68.7 Å². The number of unbranched alkanes of at least 4 members (excludes halogenated alkanes) is 1. The van der Waals surface area contributed by atoms with E-state index in [1.807, 2.05) is 33.7 Å². The molecule has 7 nitrogen and oxygen atoms in total. The summed E-state index contributed by atoms with van der Waals surface area (Å²) in [6.45, 7) is 0.340. The van der Waals surface area contributed by atoms with Crippen LogP contribution in [0.2, 0.25) is 0 Å². The summed E-state index contributed by atoms with van der Waals surface area (Å²) in [4.78, 5) is 24.0. The summed E-state index contributed by atoms with van der Waals surface area (Å²) in [5, 5.41) is 9.40. The molecule has 0 saturated carbocycles. The predicted octanol–water partition coefficient (Wildman–Crippen LogP) is 5.70. The lowest BCUT2D eigenvalue weighted by Crippen LogP contribution is -2.40. The van der Waals surface area contributed by atoms with Gasteiger partial charge in [0.2, 0.25) is 0 Å². The first-order valence-electron chi connectivity index (χ1n) is 13.3. The Morgan fingerprint density at radius 3 is 2.87 bits per heavy atom. The van der Waals surface area contributed by atoms with E-state index in [4.69, 9.17) is 10.5 Å². The monoisotopic (exact) mass is 556 g/mol. The molecule has 38 heavy (non-hydrogen) atoms. The van der Waals surface area contributed by atoms with E-state index in [0.29, 0.717) is 35.2 Å². The summed E-state index contributed by atoms with van der Waals surface area (Å²) < 4.78 is 22.2. The minimum atomic E-state index is -0.571. The number of aromatic nitrogens is 2.